The summed E-state index contributed by atoms with van der Waals surface area (Å²) >= 11 is 0. The van der Waals surface area contributed by atoms with Crippen LogP contribution in [0.5, 0.6) is 5.75 Å². The summed E-state index contributed by atoms with van der Waals surface area (Å²) in [6.07, 6.45) is 0.798. The summed E-state index contributed by atoms with van der Waals surface area (Å²) in [5, 5.41) is 4.90. The molecule has 140 valence electrons. The van der Waals surface area contributed by atoms with Crippen LogP contribution in [0.25, 0.3) is 16.8 Å². The van der Waals surface area contributed by atoms with Crippen molar-refractivity contribution in [3.8, 4) is 5.75 Å². The molecule has 3 aromatic carbocycles. The van der Waals surface area contributed by atoms with E-state index in [0.717, 1.165) is 22.1 Å². The van der Waals surface area contributed by atoms with Gasteiger partial charge in [0.2, 0.25) is 0 Å². The molecule has 0 spiro atoms. The van der Waals surface area contributed by atoms with Crippen LogP contribution in [0.15, 0.2) is 72.3 Å². The molecule has 1 atom stereocenters. The van der Waals surface area contributed by atoms with Gasteiger partial charge in [0.15, 0.2) is 6.10 Å². The summed E-state index contributed by atoms with van der Waals surface area (Å²) < 4.78 is 10.9. The Kier molecular flexibility index (Phi) is 4.81. The predicted molar refractivity (Wildman–Crippen MR) is 108 cm³/mol. The lowest BCUT2D eigenvalue weighted by atomic mass is 10.1. The summed E-state index contributed by atoms with van der Waals surface area (Å²) in [7, 11) is 0. The fourth-order valence-electron chi connectivity index (χ4n) is 3.03. The Hall–Kier alpha value is -3.60. The minimum Gasteiger partial charge on any atom is -0.488 e. The van der Waals surface area contributed by atoms with Crippen LogP contribution in [0, 0.1) is 0 Å². The third-order valence-electron chi connectivity index (χ3n) is 4.56. The number of para-hydroxylation sites is 1. The first-order chi connectivity index (χ1) is 13.6. The van der Waals surface area contributed by atoms with Gasteiger partial charge in [0.1, 0.15) is 12.4 Å². The van der Waals surface area contributed by atoms with Crippen molar-refractivity contribution in [2.24, 2.45) is 0 Å². The number of carbonyl (C=O) groups excluding carboxylic acids is 2. The van der Waals surface area contributed by atoms with Gasteiger partial charge < -0.3 is 14.8 Å². The molecule has 0 bridgehead atoms. The van der Waals surface area contributed by atoms with Crippen LogP contribution in [0.3, 0.4) is 0 Å². The second-order valence-corrected chi connectivity index (χ2v) is 6.59. The molecule has 1 aliphatic rings. The number of ether oxygens (including phenoxy) is 2. The van der Waals surface area contributed by atoms with E-state index in [0.29, 0.717) is 11.3 Å². The Morgan fingerprint density at radius 1 is 1.00 bits per heavy atom. The highest BCUT2D eigenvalue weighted by molar-refractivity contribution is 6.00. The second-order valence-electron chi connectivity index (χ2n) is 6.59. The molecule has 4 rings (SSSR count). The molecule has 0 aromatic heterocycles. The smallest absolute Gasteiger partial charge is 0.338 e. The molecule has 1 N–H and O–H groups in total. The minimum atomic E-state index is -0.933. The van der Waals surface area contributed by atoms with E-state index in [1.54, 1.807) is 13.0 Å². The zero-order chi connectivity index (χ0) is 19.5. The number of hydrogen-bond donors (Lipinski definition) is 1. The highest BCUT2D eigenvalue weighted by Gasteiger charge is 2.23. The maximum atomic E-state index is 12.4. The van der Waals surface area contributed by atoms with E-state index in [9.17, 15) is 9.59 Å². The van der Waals surface area contributed by atoms with Gasteiger partial charge in [0.05, 0.1) is 5.57 Å². The van der Waals surface area contributed by atoms with Crippen molar-refractivity contribution in [2.75, 3.05) is 11.9 Å². The van der Waals surface area contributed by atoms with Gasteiger partial charge in [-0.1, -0.05) is 48.5 Å². The lowest BCUT2D eigenvalue weighted by Crippen LogP contribution is -2.31. The molecule has 1 heterocycles. The van der Waals surface area contributed by atoms with E-state index in [1.165, 1.54) is 0 Å². The normalized spacial score (nSPS) is 13.7. The molecular weight excluding hydrogens is 354 g/mol. The molecule has 0 fully saturated rings. The van der Waals surface area contributed by atoms with Gasteiger partial charge in [-0.2, -0.15) is 0 Å². The predicted octanol–water partition coefficient (Wildman–Crippen LogP) is 4.19. The van der Waals surface area contributed by atoms with Crippen molar-refractivity contribution in [3.63, 3.8) is 0 Å². The van der Waals surface area contributed by atoms with Gasteiger partial charge in [-0.05, 0) is 42.0 Å². The van der Waals surface area contributed by atoms with Gasteiger partial charge in [0, 0.05) is 11.3 Å². The molecule has 0 unspecified atom stereocenters. The first-order valence-electron chi connectivity index (χ1n) is 9.03. The van der Waals surface area contributed by atoms with Crippen molar-refractivity contribution >= 4 is 34.4 Å². The second kappa shape index (κ2) is 7.56. The molecule has 0 saturated carbocycles. The number of nitrogens with one attached hydrogen (secondary N) is 1. The molecule has 1 amide bonds. The minimum absolute atomic E-state index is 0.120. The molecule has 0 aliphatic carbocycles. The average molecular weight is 373 g/mol. The summed E-state index contributed by atoms with van der Waals surface area (Å²) in [5.41, 5.74) is 1.85. The maximum absolute atomic E-state index is 12.4. The Morgan fingerprint density at radius 3 is 2.61 bits per heavy atom. The summed E-state index contributed by atoms with van der Waals surface area (Å²) in [4.78, 5) is 24.8. The molecule has 0 radical (unpaired) electrons. The highest BCUT2D eigenvalue weighted by atomic mass is 16.6. The summed E-state index contributed by atoms with van der Waals surface area (Å²) in [6.45, 7) is 1.67. The number of rotatable bonds is 4. The molecular formula is C23H19NO4. The molecule has 1 aliphatic heterocycles. The Balaban J connectivity index is 1.41. The quantitative estimate of drug-likeness (QED) is 0.697. The SMILES string of the molecule is C[C@@H](OC(=O)C1=Cc2ccccc2OC1)C(=O)Nc1ccc2ccccc2c1. The monoisotopic (exact) mass is 373 g/mol. The van der Waals surface area contributed by atoms with Crippen LogP contribution in [0.4, 0.5) is 5.69 Å². The molecule has 0 saturated heterocycles. The van der Waals surface area contributed by atoms with Crippen LogP contribution in [-0.4, -0.2) is 24.6 Å². The molecule has 28 heavy (non-hydrogen) atoms. The van der Waals surface area contributed by atoms with E-state index in [4.69, 9.17) is 9.47 Å². The van der Waals surface area contributed by atoms with Crippen molar-refractivity contribution in [3.05, 3.63) is 77.9 Å². The molecule has 3 aromatic rings. The van der Waals surface area contributed by atoms with E-state index in [-0.39, 0.29) is 12.5 Å². The van der Waals surface area contributed by atoms with Crippen LogP contribution >= 0.6 is 0 Å². The van der Waals surface area contributed by atoms with Crippen molar-refractivity contribution in [1.29, 1.82) is 0 Å². The summed E-state index contributed by atoms with van der Waals surface area (Å²) in [6, 6.07) is 21.0. The summed E-state index contributed by atoms with van der Waals surface area (Å²) in [5.74, 6) is -0.224. The average Bonchev–Trinajstić information content (AvgIpc) is 2.73. The first-order valence-corrected chi connectivity index (χ1v) is 9.03. The number of fused-ring (bicyclic) bond motifs is 2. The largest absolute Gasteiger partial charge is 0.488 e. The Labute approximate surface area is 162 Å². The van der Waals surface area contributed by atoms with E-state index < -0.39 is 12.1 Å². The van der Waals surface area contributed by atoms with Gasteiger partial charge in [-0.3, -0.25) is 4.79 Å². The van der Waals surface area contributed by atoms with Crippen molar-refractivity contribution in [2.45, 2.75) is 13.0 Å². The first kappa shape index (κ1) is 17.8. The topological polar surface area (TPSA) is 64.6 Å². The van der Waals surface area contributed by atoms with Gasteiger partial charge in [-0.15, -0.1) is 0 Å². The van der Waals surface area contributed by atoms with Crippen molar-refractivity contribution < 1.29 is 19.1 Å². The Bertz CT molecular complexity index is 1090. The van der Waals surface area contributed by atoms with Gasteiger partial charge >= 0.3 is 5.97 Å². The number of carbonyl (C=O) groups is 2. The number of amides is 1. The number of hydrogen-bond acceptors (Lipinski definition) is 4. The fraction of sp³-hybridized carbons (Fsp3) is 0.130. The standard InChI is InChI=1S/C23H19NO4/c1-15(22(25)24-20-11-10-16-6-2-3-7-17(16)13-20)28-23(26)19-12-18-8-4-5-9-21(18)27-14-19/h2-13,15H,14H2,1H3,(H,24,25)/t15-/m1/s1. The lowest BCUT2D eigenvalue weighted by Gasteiger charge is -2.19. The zero-order valence-electron chi connectivity index (χ0n) is 15.3. The highest BCUT2D eigenvalue weighted by Crippen LogP contribution is 2.26. The van der Waals surface area contributed by atoms with Crippen LogP contribution in [0.1, 0.15) is 12.5 Å². The third-order valence-corrected chi connectivity index (χ3v) is 4.56. The fourth-order valence-corrected chi connectivity index (χ4v) is 3.03. The number of anilines is 1. The zero-order valence-corrected chi connectivity index (χ0v) is 15.3. The van der Waals surface area contributed by atoms with Crippen LogP contribution in [0.2, 0.25) is 0 Å². The van der Waals surface area contributed by atoms with Gasteiger partial charge in [-0.25, -0.2) is 4.79 Å². The number of esters is 1. The van der Waals surface area contributed by atoms with Gasteiger partial charge in [0.25, 0.3) is 5.91 Å². The third kappa shape index (κ3) is 3.74. The van der Waals surface area contributed by atoms with E-state index in [2.05, 4.69) is 5.32 Å². The van der Waals surface area contributed by atoms with E-state index >= 15 is 0 Å². The van der Waals surface area contributed by atoms with E-state index in [1.807, 2.05) is 66.7 Å². The van der Waals surface area contributed by atoms with Crippen LogP contribution in [-0.2, 0) is 14.3 Å². The maximum Gasteiger partial charge on any atom is 0.338 e. The molecule has 5 nitrogen and oxygen atoms in total. The molecule has 5 heteroatoms. The lowest BCUT2D eigenvalue weighted by molar-refractivity contribution is -0.149. The van der Waals surface area contributed by atoms with Crippen molar-refractivity contribution in [1.82, 2.24) is 0 Å². The Morgan fingerprint density at radius 2 is 1.75 bits per heavy atom. The number of benzene rings is 3. The van der Waals surface area contributed by atoms with Crippen LogP contribution < -0.4 is 10.1 Å².